The highest BCUT2D eigenvalue weighted by Gasteiger charge is 2.38. The van der Waals surface area contributed by atoms with Crippen molar-refractivity contribution in [1.82, 2.24) is 0 Å². The van der Waals surface area contributed by atoms with E-state index in [4.69, 9.17) is 4.43 Å². The van der Waals surface area contributed by atoms with Gasteiger partial charge in [-0.1, -0.05) is 6.08 Å². The van der Waals surface area contributed by atoms with Gasteiger partial charge in [0.15, 0.2) is 0 Å². The van der Waals surface area contributed by atoms with Gasteiger partial charge in [-0.3, -0.25) is 0 Å². The summed E-state index contributed by atoms with van der Waals surface area (Å²) in [7, 11) is -3.24. The average Bonchev–Trinajstić information content (AvgIpc) is 1.85. The van der Waals surface area contributed by atoms with Crippen molar-refractivity contribution in [2.45, 2.75) is 31.4 Å². The molecule has 0 aromatic carbocycles. The van der Waals surface area contributed by atoms with Crippen LogP contribution in [0.25, 0.3) is 0 Å². The third-order valence-corrected chi connectivity index (χ3v) is 3.53. The van der Waals surface area contributed by atoms with E-state index in [-0.39, 0.29) is 6.10 Å². The van der Waals surface area contributed by atoms with Crippen LogP contribution < -0.4 is 0 Å². The second-order valence-electron chi connectivity index (χ2n) is 2.90. The molecular formula is C7H14O3Si. The minimum atomic E-state index is -3.24. The lowest BCUT2D eigenvalue weighted by atomic mass is 10.1. The summed E-state index contributed by atoms with van der Waals surface area (Å²) in [5, 5.41) is 0. The number of rotatable bonds is 2. The van der Waals surface area contributed by atoms with Crippen LogP contribution in [-0.2, 0) is 4.43 Å². The fourth-order valence-corrected chi connectivity index (χ4v) is 2.83. The van der Waals surface area contributed by atoms with Gasteiger partial charge in [-0.15, -0.1) is 6.58 Å². The maximum Gasteiger partial charge on any atom is 0.495 e. The Labute approximate surface area is 67.7 Å². The molecule has 3 nitrogen and oxygen atoms in total. The molecule has 0 aromatic rings. The summed E-state index contributed by atoms with van der Waals surface area (Å²) in [5.41, 5.74) is 0. The largest absolute Gasteiger partial charge is 0.495 e. The average molecular weight is 174 g/mol. The molecule has 0 aromatic heterocycles. The molecule has 0 amide bonds. The Bertz CT molecular complexity index is 147. The Morgan fingerprint density at radius 3 is 2.91 bits per heavy atom. The van der Waals surface area contributed by atoms with Gasteiger partial charge in [0.2, 0.25) is 0 Å². The van der Waals surface area contributed by atoms with Crippen LogP contribution in [0.4, 0.5) is 0 Å². The fraction of sp³-hybridized carbons (Fsp3) is 0.714. The highest BCUT2D eigenvalue weighted by atomic mass is 28.4. The van der Waals surface area contributed by atoms with Crippen molar-refractivity contribution >= 4 is 8.80 Å². The molecule has 1 heterocycles. The van der Waals surface area contributed by atoms with Gasteiger partial charge in [-0.05, 0) is 19.3 Å². The third kappa shape index (κ3) is 2.74. The lowest BCUT2D eigenvalue weighted by Gasteiger charge is -2.29. The quantitative estimate of drug-likeness (QED) is 0.478. The maximum atomic E-state index is 9.21. The van der Waals surface area contributed by atoms with E-state index in [1.165, 1.54) is 0 Å². The highest BCUT2D eigenvalue weighted by molar-refractivity contribution is 6.57. The van der Waals surface area contributed by atoms with Gasteiger partial charge >= 0.3 is 8.80 Å². The SMILES string of the molecule is C=CCC1CCC[Si](O)(O)O1. The topological polar surface area (TPSA) is 49.7 Å². The summed E-state index contributed by atoms with van der Waals surface area (Å²) in [6.07, 6.45) is 4.23. The Balaban J connectivity index is 2.39. The van der Waals surface area contributed by atoms with Crippen LogP contribution in [0.2, 0.25) is 6.04 Å². The zero-order valence-electron chi connectivity index (χ0n) is 6.49. The van der Waals surface area contributed by atoms with E-state index >= 15 is 0 Å². The Morgan fingerprint density at radius 1 is 1.64 bits per heavy atom. The molecule has 1 saturated heterocycles. The second-order valence-corrected chi connectivity index (χ2v) is 5.12. The van der Waals surface area contributed by atoms with Crippen molar-refractivity contribution < 1.29 is 14.0 Å². The van der Waals surface area contributed by atoms with Gasteiger partial charge in [0, 0.05) is 6.04 Å². The first-order valence-corrected chi connectivity index (χ1v) is 5.88. The summed E-state index contributed by atoms with van der Waals surface area (Å²) in [4.78, 5) is 18.4. The molecular weight excluding hydrogens is 160 g/mol. The van der Waals surface area contributed by atoms with Crippen LogP contribution in [0, 0.1) is 0 Å². The maximum absolute atomic E-state index is 9.21. The van der Waals surface area contributed by atoms with Gasteiger partial charge in [-0.2, -0.15) is 0 Å². The van der Waals surface area contributed by atoms with Crippen molar-refractivity contribution in [2.75, 3.05) is 0 Å². The van der Waals surface area contributed by atoms with E-state index in [9.17, 15) is 9.59 Å². The minimum Gasteiger partial charge on any atom is -0.390 e. The zero-order chi connectivity index (χ0) is 8.32. The van der Waals surface area contributed by atoms with Gasteiger partial charge < -0.3 is 14.0 Å². The lowest BCUT2D eigenvalue weighted by molar-refractivity contribution is 0.0644. The Morgan fingerprint density at radius 2 is 2.36 bits per heavy atom. The van der Waals surface area contributed by atoms with Crippen molar-refractivity contribution in [3.63, 3.8) is 0 Å². The fourth-order valence-electron chi connectivity index (χ4n) is 1.30. The summed E-state index contributed by atoms with van der Waals surface area (Å²) >= 11 is 0. The number of hydrogen-bond acceptors (Lipinski definition) is 3. The minimum absolute atomic E-state index is 0.0112. The van der Waals surface area contributed by atoms with Gasteiger partial charge in [-0.25, -0.2) is 0 Å². The third-order valence-electron chi connectivity index (χ3n) is 1.81. The van der Waals surface area contributed by atoms with E-state index in [1.807, 2.05) is 0 Å². The van der Waals surface area contributed by atoms with E-state index in [2.05, 4.69) is 6.58 Å². The van der Waals surface area contributed by atoms with Crippen LogP contribution in [-0.4, -0.2) is 24.5 Å². The monoisotopic (exact) mass is 174 g/mol. The summed E-state index contributed by atoms with van der Waals surface area (Å²) in [6.45, 7) is 3.57. The second kappa shape index (κ2) is 3.49. The van der Waals surface area contributed by atoms with Crippen LogP contribution in [0.15, 0.2) is 12.7 Å². The molecule has 1 aliphatic rings. The summed E-state index contributed by atoms with van der Waals surface area (Å²) in [5.74, 6) is 0. The molecule has 64 valence electrons. The van der Waals surface area contributed by atoms with Crippen LogP contribution >= 0.6 is 0 Å². The summed E-state index contributed by atoms with van der Waals surface area (Å²) < 4.78 is 5.09. The van der Waals surface area contributed by atoms with Crippen LogP contribution in [0.5, 0.6) is 0 Å². The van der Waals surface area contributed by atoms with Crippen molar-refractivity contribution in [3.8, 4) is 0 Å². The van der Waals surface area contributed by atoms with Crippen molar-refractivity contribution in [3.05, 3.63) is 12.7 Å². The molecule has 0 saturated carbocycles. The predicted molar refractivity (Wildman–Crippen MR) is 43.9 cm³/mol. The van der Waals surface area contributed by atoms with Gasteiger partial charge in [0.05, 0.1) is 6.10 Å². The Kier molecular flexibility index (Phi) is 2.83. The molecule has 0 aliphatic carbocycles. The Hall–Kier alpha value is -0.163. The molecule has 4 heteroatoms. The van der Waals surface area contributed by atoms with Gasteiger partial charge in [0.1, 0.15) is 0 Å². The molecule has 0 radical (unpaired) electrons. The molecule has 1 unspecified atom stereocenters. The van der Waals surface area contributed by atoms with E-state index in [1.54, 1.807) is 6.08 Å². The van der Waals surface area contributed by atoms with Crippen LogP contribution in [0.1, 0.15) is 19.3 Å². The van der Waals surface area contributed by atoms with E-state index in [0.717, 1.165) is 19.3 Å². The normalized spacial score (nSPS) is 29.8. The van der Waals surface area contributed by atoms with Crippen molar-refractivity contribution in [2.24, 2.45) is 0 Å². The smallest absolute Gasteiger partial charge is 0.390 e. The first-order valence-electron chi connectivity index (χ1n) is 3.87. The van der Waals surface area contributed by atoms with Gasteiger partial charge in [0.25, 0.3) is 0 Å². The molecule has 1 rings (SSSR count). The molecule has 1 aliphatic heterocycles. The predicted octanol–water partition coefficient (Wildman–Crippen LogP) is 0.665. The standard InChI is InChI=1S/C7H14O3Si/c1-2-4-7-5-3-6-11(8,9)10-7/h2,7-9H,1,3-6H2. The van der Waals surface area contributed by atoms with Crippen LogP contribution in [0.3, 0.4) is 0 Å². The van der Waals surface area contributed by atoms with E-state index < -0.39 is 8.80 Å². The van der Waals surface area contributed by atoms with E-state index in [0.29, 0.717) is 6.04 Å². The first-order chi connectivity index (χ1) is 5.14. The number of hydrogen-bond donors (Lipinski definition) is 2. The zero-order valence-corrected chi connectivity index (χ0v) is 7.49. The molecule has 11 heavy (non-hydrogen) atoms. The summed E-state index contributed by atoms with van der Waals surface area (Å²) in [6, 6.07) is 0.445. The molecule has 0 spiro atoms. The first kappa shape index (κ1) is 8.93. The highest BCUT2D eigenvalue weighted by Crippen LogP contribution is 2.23. The lowest BCUT2D eigenvalue weighted by Crippen LogP contribution is -2.45. The molecule has 1 fully saturated rings. The molecule has 1 atom stereocenters. The van der Waals surface area contributed by atoms with Crippen molar-refractivity contribution in [1.29, 1.82) is 0 Å². The molecule has 0 bridgehead atoms. The molecule has 2 N–H and O–H groups in total.